The molecule has 1 N–H and O–H groups in total. The van der Waals surface area contributed by atoms with Gasteiger partial charge in [0.2, 0.25) is 5.91 Å². The number of H-pyrrole nitrogens is 1. The van der Waals surface area contributed by atoms with Crippen molar-refractivity contribution in [1.82, 2.24) is 9.97 Å². The normalized spacial score (nSPS) is 11.3. The van der Waals surface area contributed by atoms with Crippen molar-refractivity contribution in [2.24, 2.45) is 0 Å². The summed E-state index contributed by atoms with van der Waals surface area (Å²) in [5.74, 6) is 0.0193. The number of thiazole rings is 1. The molecule has 0 unspecified atom stereocenters. The smallest absolute Gasteiger partial charge is 0.233 e. The standard InChI is InChI=1S/C20H19N3O2S/c1-25-11-10-23(20-22-17-8-4-5-9-18(17)26-20)19(24)12-14-13-21-16-7-3-2-6-15(14)16/h2-9,13,21H,10-12H2,1H3. The molecule has 1 amide bonds. The Labute approximate surface area is 155 Å². The van der Waals surface area contributed by atoms with Gasteiger partial charge in [0.1, 0.15) is 0 Å². The molecule has 4 rings (SSSR count). The van der Waals surface area contributed by atoms with Crippen LogP contribution in [0.5, 0.6) is 0 Å². The fourth-order valence-electron chi connectivity index (χ4n) is 3.02. The lowest BCUT2D eigenvalue weighted by Gasteiger charge is -2.19. The molecule has 5 nitrogen and oxygen atoms in total. The fourth-order valence-corrected chi connectivity index (χ4v) is 4.03. The lowest BCUT2D eigenvalue weighted by molar-refractivity contribution is -0.118. The third-order valence-corrected chi connectivity index (χ3v) is 5.41. The first-order chi connectivity index (χ1) is 12.8. The Morgan fingerprint density at radius 1 is 1.19 bits per heavy atom. The van der Waals surface area contributed by atoms with Gasteiger partial charge < -0.3 is 9.72 Å². The minimum atomic E-state index is 0.0193. The molecule has 132 valence electrons. The zero-order valence-corrected chi connectivity index (χ0v) is 15.3. The summed E-state index contributed by atoms with van der Waals surface area (Å²) in [7, 11) is 1.64. The van der Waals surface area contributed by atoms with E-state index in [2.05, 4.69) is 9.97 Å². The highest BCUT2D eigenvalue weighted by molar-refractivity contribution is 7.22. The Balaban J connectivity index is 1.64. The second kappa shape index (κ2) is 7.27. The molecule has 0 spiro atoms. The summed E-state index contributed by atoms with van der Waals surface area (Å²) in [5, 5.41) is 1.80. The molecule has 0 aliphatic carbocycles. The van der Waals surface area contributed by atoms with Crippen LogP contribution in [0.3, 0.4) is 0 Å². The van der Waals surface area contributed by atoms with Crippen LogP contribution in [0.2, 0.25) is 0 Å². The van der Waals surface area contributed by atoms with Gasteiger partial charge in [0.25, 0.3) is 0 Å². The zero-order chi connectivity index (χ0) is 17.9. The van der Waals surface area contributed by atoms with Gasteiger partial charge in [0.05, 0.1) is 29.8 Å². The number of hydrogen-bond donors (Lipinski definition) is 1. The average Bonchev–Trinajstić information content (AvgIpc) is 3.26. The van der Waals surface area contributed by atoms with Crippen LogP contribution >= 0.6 is 11.3 Å². The number of ether oxygens (including phenoxy) is 1. The molecule has 26 heavy (non-hydrogen) atoms. The maximum atomic E-state index is 13.1. The molecule has 0 fully saturated rings. The topological polar surface area (TPSA) is 58.2 Å². The lowest BCUT2D eigenvalue weighted by Crippen LogP contribution is -2.35. The van der Waals surface area contributed by atoms with Crippen LogP contribution in [0, 0.1) is 0 Å². The second-order valence-electron chi connectivity index (χ2n) is 6.04. The molecule has 0 aliphatic heterocycles. The summed E-state index contributed by atoms with van der Waals surface area (Å²) in [6.45, 7) is 0.951. The predicted octanol–water partition coefficient (Wildman–Crippen LogP) is 4.00. The van der Waals surface area contributed by atoms with Gasteiger partial charge in [0.15, 0.2) is 5.13 Å². The van der Waals surface area contributed by atoms with E-state index in [9.17, 15) is 4.79 Å². The van der Waals surface area contributed by atoms with Crippen molar-refractivity contribution >= 4 is 43.5 Å². The molecule has 0 radical (unpaired) electrons. The molecule has 6 heteroatoms. The zero-order valence-electron chi connectivity index (χ0n) is 14.4. The van der Waals surface area contributed by atoms with Gasteiger partial charge in [-0.05, 0) is 23.8 Å². The van der Waals surface area contributed by atoms with Crippen LogP contribution in [-0.2, 0) is 16.0 Å². The molecule has 0 saturated heterocycles. The maximum Gasteiger partial charge on any atom is 0.233 e. The van der Waals surface area contributed by atoms with Crippen molar-refractivity contribution in [3.8, 4) is 0 Å². The molecule has 2 aromatic heterocycles. The van der Waals surface area contributed by atoms with Crippen LogP contribution in [0.1, 0.15) is 5.56 Å². The number of aromatic nitrogens is 2. The van der Waals surface area contributed by atoms with E-state index in [1.54, 1.807) is 12.0 Å². The number of aromatic amines is 1. The molecular formula is C20H19N3O2S. The SMILES string of the molecule is COCCN(C(=O)Cc1c[nH]c2ccccc12)c1nc2ccccc2s1. The Kier molecular flexibility index (Phi) is 4.69. The number of benzene rings is 2. The Morgan fingerprint density at radius 3 is 2.85 bits per heavy atom. The first-order valence-electron chi connectivity index (χ1n) is 8.46. The molecule has 0 aliphatic rings. The third kappa shape index (κ3) is 3.21. The van der Waals surface area contributed by atoms with E-state index in [0.29, 0.717) is 24.7 Å². The van der Waals surface area contributed by atoms with E-state index in [0.717, 1.165) is 26.7 Å². The number of methoxy groups -OCH3 is 1. The average molecular weight is 365 g/mol. The molecule has 0 atom stereocenters. The quantitative estimate of drug-likeness (QED) is 0.562. The number of rotatable bonds is 6. The monoisotopic (exact) mass is 365 g/mol. The summed E-state index contributed by atoms with van der Waals surface area (Å²) >= 11 is 1.53. The van der Waals surface area contributed by atoms with Gasteiger partial charge in [-0.1, -0.05) is 41.7 Å². The van der Waals surface area contributed by atoms with Crippen molar-refractivity contribution in [3.05, 3.63) is 60.3 Å². The number of nitrogens with one attached hydrogen (secondary N) is 1. The number of anilines is 1. The van der Waals surface area contributed by atoms with Gasteiger partial charge in [-0.2, -0.15) is 0 Å². The summed E-state index contributed by atoms with van der Waals surface area (Å²) < 4.78 is 6.27. The minimum absolute atomic E-state index is 0.0193. The highest BCUT2D eigenvalue weighted by Crippen LogP contribution is 2.29. The van der Waals surface area contributed by atoms with Crippen molar-refractivity contribution in [1.29, 1.82) is 0 Å². The van der Waals surface area contributed by atoms with Crippen LogP contribution in [0.4, 0.5) is 5.13 Å². The van der Waals surface area contributed by atoms with E-state index in [-0.39, 0.29) is 5.91 Å². The van der Waals surface area contributed by atoms with Gasteiger partial charge in [-0.25, -0.2) is 4.98 Å². The number of nitrogens with zero attached hydrogens (tertiary/aromatic N) is 2. The predicted molar refractivity (Wildman–Crippen MR) is 106 cm³/mol. The first kappa shape index (κ1) is 16.8. The maximum absolute atomic E-state index is 13.1. The lowest BCUT2D eigenvalue weighted by atomic mass is 10.1. The van der Waals surface area contributed by atoms with E-state index in [1.165, 1.54) is 11.3 Å². The van der Waals surface area contributed by atoms with Crippen molar-refractivity contribution < 1.29 is 9.53 Å². The van der Waals surface area contributed by atoms with Crippen LogP contribution in [0.25, 0.3) is 21.1 Å². The van der Waals surface area contributed by atoms with Gasteiger partial charge in [-0.15, -0.1) is 0 Å². The first-order valence-corrected chi connectivity index (χ1v) is 9.28. The third-order valence-electron chi connectivity index (χ3n) is 4.35. The number of fused-ring (bicyclic) bond motifs is 2. The van der Waals surface area contributed by atoms with Crippen molar-refractivity contribution in [2.75, 3.05) is 25.2 Å². The number of carbonyl (C=O) groups is 1. The molecule has 0 saturated carbocycles. The molecule has 2 aromatic carbocycles. The molecule has 4 aromatic rings. The molecule has 2 heterocycles. The van der Waals surface area contributed by atoms with Gasteiger partial charge in [0, 0.05) is 24.2 Å². The number of carbonyl (C=O) groups excluding carboxylic acids is 1. The highest BCUT2D eigenvalue weighted by atomic mass is 32.1. The number of para-hydroxylation sites is 2. The van der Waals surface area contributed by atoms with Crippen LogP contribution < -0.4 is 4.90 Å². The highest BCUT2D eigenvalue weighted by Gasteiger charge is 2.21. The fraction of sp³-hybridized carbons (Fsp3) is 0.200. The Bertz CT molecular complexity index is 1020. The minimum Gasteiger partial charge on any atom is -0.383 e. The van der Waals surface area contributed by atoms with E-state index in [4.69, 9.17) is 4.74 Å². The van der Waals surface area contributed by atoms with Gasteiger partial charge in [-0.3, -0.25) is 9.69 Å². The summed E-state index contributed by atoms with van der Waals surface area (Å²) in [4.78, 5) is 22.7. The molecular weight excluding hydrogens is 346 g/mol. The number of amides is 1. The largest absolute Gasteiger partial charge is 0.383 e. The van der Waals surface area contributed by atoms with E-state index >= 15 is 0 Å². The van der Waals surface area contributed by atoms with E-state index in [1.807, 2.05) is 54.7 Å². The van der Waals surface area contributed by atoms with Crippen molar-refractivity contribution in [2.45, 2.75) is 6.42 Å². The van der Waals surface area contributed by atoms with Crippen LogP contribution in [0.15, 0.2) is 54.7 Å². The van der Waals surface area contributed by atoms with E-state index < -0.39 is 0 Å². The Hall–Kier alpha value is -2.70. The van der Waals surface area contributed by atoms with Crippen molar-refractivity contribution in [3.63, 3.8) is 0 Å². The van der Waals surface area contributed by atoms with Crippen LogP contribution in [-0.4, -0.2) is 36.1 Å². The second-order valence-corrected chi connectivity index (χ2v) is 7.05. The summed E-state index contributed by atoms with van der Waals surface area (Å²) in [6.07, 6.45) is 2.24. The van der Waals surface area contributed by atoms with Gasteiger partial charge >= 0.3 is 0 Å². The summed E-state index contributed by atoms with van der Waals surface area (Å²) in [5.41, 5.74) is 2.95. The number of hydrogen-bond acceptors (Lipinski definition) is 4. The summed E-state index contributed by atoms with van der Waals surface area (Å²) in [6, 6.07) is 15.9. The molecule has 0 bridgehead atoms. The Morgan fingerprint density at radius 2 is 2.00 bits per heavy atom.